The van der Waals surface area contributed by atoms with Gasteiger partial charge in [-0.25, -0.2) is 0 Å². The van der Waals surface area contributed by atoms with Crippen LogP contribution in [0.15, 0.2) is 36.0 Å². The summed E-state index contributed by atoms with van der Waals surface area (Å²) in [6.07, 6.45) is 5.76. The predicted octanol–water partition coefficient (Wildman–Crippen LogP) is 4.89. The highest BCUT2D eigenvalue weighted by Crippen LogP contribution is 2.48. The first kappa shape index (κ1) is 12.3. The summed E-state index contributed by atoms with van der Waals surface area (Å²) < 4.78 is 0. The van der Waals surface area contributed by atoms with E-state index in [0.717, 1.165) is 0 Å². The fraction of sp³-hybridized carbons (Fsp3) is 0.600. The molecule has 2 unspecified atom stereocenters. The third-order valence-electron chi connectivity index (χ3n) is 4.12. The summed E-state index contributed by atoms with van der Waals surface area (Å²) in [4.78, 5) is 0. The largest absolute Gasteiger partial charge is 0.103 e. The Labute approximate surface area is 94.8 Å². The molecule has 2 atom stereocenters. The van der Waals surface area contributed by atoms with Gasteiger partial charge < -0.3 is 0 Å². The minimum absolute atomic E-state index is 0.229. The number of rotatable bonds is 2. The van der Waals surface area contributed by atoms with Crippen LogP contribution in [0, 0.1) is 11.3 Å². The van der Waals surface area contributed by atoms with Crippen LogP contribution in [0.5, 0.6) is 0 Å². The maximum Gasteiger partial charge on any atom is -0.00219 e. The molecular formula is C15H24. The summed E-state index contributed by atoms with van der Waals surface area (Å²) in [5.41, 5.74) is 4.64. The van der Waals surface area contributed by atoms with Crippen molar-refractivity contribution in [3.05, 3.63) is 36.0 Å². The lowest BCUT2D eigenvalue weighted by Gasteiger charge is -2.42. The summed E-state index contributed by atoms with van der Waals surface area (Å²) in [6, 6.07) is 0. The zero-order chi connectivity index (χ0) is 11.6. The highest BCUT2D eigenvalue weighted by Gasteiger charge is 2.37. The monoisotopic (exact) mass is 204 g/mol. The molecule has 0 spiro atoms. The van der Waals surface area contributed by atoms with Crippen LogP contribution in [-0.2, 0) is 0 Å². The molecule has 1 aliphatic carbocycles. The lowest BCUT2D eigenvalue weighted by atomic mass is 9.62. The first-order chi connectivity index (χ1) is 6.91. The quantitative estimate of drug-likeness (QED) is 0.562. The van der Waals surface area contributed by atoms with Crippen molar-refractivity contribution < 1.29 is 0 Å². The first-order valence-electron chi connectivity index (χ1n) is 5.85. The molecule has 0 heterocycles. The summed E-state index contributed by atoms with van der Waals surface area (Å²) in [6.45, 7) is 17.1. The molecule has 0 aliphatic heterocycles. The Balaban J connectivity index is 3.03. The Bertz CT molecular complexity index is 302. The van der Waals surface area contributed by atoms with Crippen LogP contribution in [-0.4, -0.2) is 0 Å². The zero-order valence-corrected chi connectivity index (χ0v) is 10.7. The Kier molecular flexibility index (Phi) is 3.59. The fourth-order valence-electron chi connectivity index (χ4n) is 2.58. The molecule has 0 bridgehead atoms. The SMILES string of the molecule is C=CC1CCC(=C(C)C)CC1(C)C(=C)C. The van der Waals surface area contributed by atoms with Crippen molar-refractivity contribution in [2.75, 3.05) is 0 Å². The zero-order valence-electron chi connectivity index (χ0n) is 10.7. The Hall–Kier alpha value is -0.780. The van der Waals surface area contributed by atoms with Gasteiger partial charge in [0.25, 0.3) is 0 Å². The third-order valence-corrected chi connectivity index (χ3v) is 4.12. The van der Waals surface area contributed by atoms with Gasteiger partial charge in [-0.3, -0.25) is 0 Å². The van der Waals surface area contributed by atoms with Gasteiger partial charge in [-0.15, -0.1) is 6.58 Å². The second kappa shape index (κ2) is 4.38. The molecule has 15 heavy (non-hydrogen) atoms. The lowest BCUT2D eigenvalue weighted by molar-refractivity contribution is 0.237. The molecule has 0 aromatic heterocycles. The van der Waals surface area contributed by atoms with Gasteiger partial charge in [0.05, 0.1) is 0 Å². The molecule has 0 radical (unpaired) electrons. The van der Waals surface area contributed by atoms with Crippen LogP contribution in [0.25, 0.3) is 0 Å². The Morgan fingerprint density at radius 2 is 2.00 bits per heavy atom. The second-order valence-corrected chi connectivity index (χ2v) is 5.36. The van der Waals surface area contributed by atoms with Crippen LogP contribution in [0.1, 0.15) is 47.0 Å². The molecule has 0 heteroatoms. The van der Waals surface area contributed by atoms with E-state index in [0.29, 0.717) is 5.92 Å². The molecular weight excluding hydrogens is 180 g/mol. The van der Waals surface area contributed by atoms with E-state index >= 15 is 0 Å². The number of hydrogen-bond donors (Lipinski definition) is 0. The van der Waals surface area contributed by atoms with E-state index in [-0.39, 0.29) is 5.41 Å². The molecule has 0 saturated heterocycles. The first-order valence-corrected chi connectivity index (χ1v) is 5.85. The molecule has 0 aromatic rings. The normalized spacial score (nSPS) is 31.2. The van der Waals surface area contributed by atoms with Crippen molar-refractivity contribution in [3.63, 3.8) is 0 Å². The van der Waals surface area contributed by atoms with Crippen LogP contribution in [0.4, 0.5) is 0 Å². The van der Waals surface area contributed by atoms with E-state index in [9.17, 15) is 0 Å². The van der Waals surface area contributed by atoms with Crippen LogP contribution < -0.4 is 0 Å². The topological polar surface area (TPSA) is 0 Å². The van der Waals surface area contributed by atoms with Gasteiger partial charge in [0, 0.05) is 0 Å². The van der Waals surface area contributed by atoms with Crippen molar-refractivity contribution in [2.45, 2.75) is 47.0 Å². The average Bonchev–Trinajstić information content (AvgIpc) is 2.17. The molecule has 1 rings (SSSR count). The summed E-state index contributed by atoms with van der Waals surface area (Å²) in [7, 11) is 0. The summed E-state index contributed by atoms with van der Waals surface area (Å²) in [5, 5.41) is 0. The van der Waals surface area contributed by atoms with E-state index < -0.39 is 0 Å². The van der Waals surface area contributed by atoms with E-state index in [4.69, 9.17) is 0 Å². The predicted molar refractivity (Wildman–Crippen MR) is 68.8 cm³/mol. The van der Waals surface area contributed by atoms with Crippen molar-refractivity contribution in [2.24, 2.45) is 11.3 Å². The minimum Gasteiger partial charge on any atom is -0.103 e. The molecule has 0 N–H and O–H groups in total. The van der Waals surface area contributed by atoms with Gasteiger partial charge in [0.15, 0.2) is 0 Å². The van der Waals surface area contributed by atoms with E-state index in [1.807, 2.05) is 0 Å². The standard InChI is InChI=1S/C15H24/c1-7-14-9-8-13(11(2)3)10-15(14,6)12(4)5/h7,14H,1,4,8-10H2,2-3,5-6H3. The number of hydrogen-bond acceptors (Lipinski definition) is 0. The minimum atomic E-state index is 0.229. The van der Waals surface area contributed by atoms with Crippen LogP contribution in [0.3, 0.4) is 0 Å². The van der Waals surface area contributed by atoms with Gasteiger partial charge in [-0.05, 0) is 51.4 Å². The maximum absolute atomic E-state index is 4.17. The molecule has 0 nitrogen and oxygen atoms in total. The molecule has 0 amide bonds. The summed E-state index contributed by atoms with van der Waals surface area (Å²) >= 11 is 0. The van der Waals surface area contributed by atoms with E-state index in [1.54, 1.807) is 5.57 Å². The van der Waals surface area contributed by atoms with Crippen molar-refractivity contribution in [1.82, 2.24) is 0 Å². The highest BCUT2D eigenvalue weighted by atomic mass is 14.4. The average molecular weight is 204 g/mol. The van der Waals surface area contributed by atoms with Crippen LogP contribution >= 0.6 is 0 Å². The van der Waals surface area contributed by atoms with Crippen LogP contribution in [0.2, 0.25) is 0 Å². The smallest absolute Gasteiger partial charge is 0.00219 e. The Morgan fingerprint density at radius 3 is 2.40 bits per heavy atom. The van der Waals surface area contributed by atoms with Gasteiger partial charge in [0.1, 0.15) is 0 Å². The molecule has 1 aliphatic rings. The van der Waals surface area contributed by atoms with E-state index in [1.165, 1.54) is 30.4 Å². The third kappa shape index (κ3) is 2.25. The fourth-order valence-corrected chi connectivity index (χ4v) is 2.58. The van der Waals surface area contributed by atoms with Gasteiger partial charge >= 0.3 is 0 Å². The van der Waals surface area contributed by atoms with E-state index in [2.05, 4.69) is 46.9 Å². The molecule has 1 saturated carbocycles. The molecule has 84 valence electrons. The maximum atomic E-state index is 4.17. The highest BCUT2D eigenvalue weighted by molar-refractivity contribution is 5.24. The van der Waals surface area contributed by atoms with Crippen molar-refractivity contribution in [1.29, 1.82) is 0 Å². The van der Waals surface area contributed by atoms with Gasteiger partial charge in [-0.1, -0.05) is 36.3 Å². The summed E-state index contributed by atoms with van der Waals surface area (Å²) in [5.74, 6) is 0.595. The Morgan fingerprint density at radius 1 is 1.40 bits per heavy atom. The van der Waals surface area contributed by atoms with Crippen molar-refractivity contribution >= 4 is 0 Å². The van der Waals surface area contributed by atoms with Gasteiger partial charge in [-0.2, -0.15) is 0 Å². The lowest BCUT2D eigenvalue weighted by Crippen LogP contribution is -2.31. The van der Waals surface area contributed by atoms with Gasteiger partial charge in [0.2, 0.25) is 0 Å². The van der Waals surface area contributed by atoms with Crippen molar-refractivity contribution in [3.8, 4) is 0 Å². The number of allylic oxidation sites excluding steroid dienone is 4. The second-order valence-electron chi connectivity index (χ2n) is 5.36. The molecule has 0 aromatic carbocycles. The molecule has 1 fully saturated rings.